The fourth-order valence-electron chi connectivity index (χ4n) is 6.64. The van der Waals surface area contributed by atoms with Gasteiger partial charge in [-0.15, -0.1) is 0 Å². The number of carbonyl (C=O) groups is 1. The molecular formula is C41H79O12P. The lowest BCUT2D eigenvalue weighted by Gasteiger charge is -2.41. The lowest BCUT2D eigenvalue weighted by molar-refractivity contribution is -0.220. The van der Waals surface area contributed by atoms with Crippen molar-refractivity contribution in [2.45, 2.75) is 224 Å². The van der Waals surface area contributed by atoms with Gasteiger partial charge < -0.3 is 39.9 Å². The normalized spacial score (nSPS) is 23.5. The molecule has 0 radical (unpaired) electrons. The third-order valence-electron chi connectivity index (χ3n) is 10.1. The molecule has 0 heterocycles. The number of carbonyl (C=O) groups excluding carboxylic acids is 1. The lowest BCUT2D eigenvalue weighted by Crippen LogP contribution is -2.64. The molecule has 1 rings (SSSR count). The summed E-state index contributed by atoms with van der Waals surface area (Å²) in [5, 5.41) is 50.0. The Morgan fingerprint density at radius 2 is 0.981 bits per heavy atom. The number of phosphoric acid groups is 1. The van der Waals surface area contributed by atoms with E-state index in [0.29, 0.717) is 13.0 Å². The summed E-state index contributed by atoms with van der Waals surface area (Å²) in [5.74, 6) is -0.484. The molecule has 0 aromatic heterocycles. The van der Waals surface area contributed by atoms with Gasteiger partial charge in [-0.2, -0.15) is 0 Å². The minimum absolute atomic E-state index is 0.0748. The maximum Gasteiger partial charge on any atom is 0.472 e. The molecule has 13 heteroatoms. The Kier molecular flexibility index (Phi) is 31.3. The van der Waals surface area contributed by atoms with E-state index < -0.39 is 63.1 Å². The first-order chi connectivity index (χ1) is 26.0. The quantitative estimate of drug-likeness (QED) is 0.0155. The van der Waals surface area contributed by atoms with E-state index in [4.69, 9.17) is 18.5 Å². The van der Waals surface area contributed by atoms with Crippen LogP contribution >= 0.6 is 7.82 Å². The molecule has 320 valence electrons. The summed E-state index contributed by atoms with van der Waals surface area (Å²) in [6.45, 7) is 4.24. The number of ether oxygens (including phenoxy) is 2. The summed E-state index contributed by atoms with van der Waals surface area (Å²) >= 11 is 0. The first-order valence-corrected chi connectivity index (χ1v) is 23.0. The fraction of sp³-hybridized carbons (Fsp3) is 0.927. The number of esters is 1. The van der Waals surface area contributed by atoms with Crippen LogP contribution in [0.4, 0.5) is 0 Å². The van der Waals surface area contributed by atoms with Gasteiger partial charge in [0.15, 0.2) is 0 Å². The van der Waals surface area contributed by atoms with E-state index >= 15 is 0 Å². The van der Waals surface area contributed by atoms with Crippen LogP contribution in [0.5, 0.6) is 0 Å². The molecule has 6 atom stereocenters. The molecule has 0 bridgehead atoms. The van der Waals surface area contributed by atoms with Crippen molar-refractivity contribution in [3.63, 3.8) is 0 Å². The van der Waals surface area contributed by atoms with Gasteiger partial charge in [0.2, 0.25) is 0 Å². The Morgan fingerprint density at radius 3 is 1.48 bits per heavy atom. The molecule has 54 heavy (non-hydrogen) atoms. The molecular weight excluding hydrogens is 715 g/mol. The zero-order valence-corrected chi connectivity index (χ0v) is 34.7. The van der Waals surface area contributed by atoms with Gasteiger partial charge in [-0.3, -0.25) is 13.8 Å². The van der Waals surface area contributed by atoms with Crippen molar-refractivity contribution in [3.8, 4) is 0 Å². The van der Waals surface area contributed by atoms with E-state index in [1.807, 2.05) is 0 Å². The van der Waals surface area contributed by atoms with Crippen molar-refractivity contribution >= 4 is 13.8 Å². The predicted molar refractivity (Wildman–Crippen MR) is 212 cm³/mol. The summed E-state index contributed by atoms with van der Waals surface area (Å²) in [6.07, 6.45) is 21.4. The SMILES string of the molecule is CCCCCC/C=C\CCCCCCCC(=O)OC(COCCCCCCCCCCCCCCCC)COP(=O)(O)OC1C(O)C(O)C(O)C(O)C1O. The second-order valence-corrected chi connectivity index (χ2v) is 16.6. The highest BCUT2D eigenvalue weighted by Gasteiger charge is 2.51. The number of hydrogen-bond donors (Lipinski definition) is 6. The monoisotopic (exact) mass is 795 g/mol. The van der Waals surface area contributed by atoms with Crippen molar-refractivity contribution in [2.24, 2.45) is 0 Å². The standard InChI is InChI=1S/C41H79O12P/c1-3-5-7-9-11-13-15-17-19-21-23-25-27-29-31-50-32-34(33-51-54(48,49)53-41-39(46)37(44)36(43)38(45)40(41)47)52-35(42)30-28-26-24-22-20-18-16-14-12-10-8-6-4-2/h14,16,34,36-41,43-47H,3-13,15,17-33H2,1-2H3,(H,48,49)/b16-14-. The van der Waals surface area contributed by atoms with Crippen molar-refractivity contribution in [3.05, 3.63) is 12.2 Å². The summed E-state index contributed by atoms with van der Waals surface area (Å²) < 4.78 is 34.1. The molecule has 6 unspecified atom stereocenters. The number of aliphatic hydroxyl groups is 5. The van der Waals surface area contributed by atoms with Gasteiger partial charge in [0.1, 0.15) is 42.7 Å². The van der Waals surface area contributed by atoms with Crippen LogP contribution in [0.3, 0.4) is 0 Å². The smallest absolute Gasteiger partial charge is 0.457 e. The van der Waals surface area contributed by atoms with Crippen molar-refractivity contribution in [2.75, 3.05) is 19.8 Å². The van der Waals surface area contributed by atoms with Gasteiger partial charge in [-0.05, 0) is 38.5 Å². The van der Waals surface area contributed by atoms with Crippen LogP contribution in [0, 0.1) is 0 Å². The Hall–Kier alpha value is -0.920. The molecule has 0 aromatic carbocycles. The molecule has 0 spiro atoms. The van der Waals surface area contributed by atoms with Crippen LogP contribution in [-0.2, 0) is 27.9 Å². The highest BCUT2D eigenvalue weighted by Crippen LogP contribution is 2.47. The molecule has 0 amide bonds. The van der Waals surface area contributed by atoms with E-state index in [0.717, 1.165) is 57.8 Å². The third-order valence-corrected chi connectivity index (χ3v) is 11.1. The molecule has 1 fully saturated rings. The van der Waals surface area contributed by atoms with Crippen molar-refractivity contribution in [1.82, 2.24) is 0 Å². The average Bonchev–Trinajstić information content (AvgIpc) is 3.15. The predicted octanol–water partition coefficient (Wildman–Crippen LogP) is 7.97. The van der Waals surface area contributed by atoms with Crippen LogP contribution in [-0.4, -0.2) is 98.9 Å². The van der Waals surface area contributed by atoms with Gasteiger partial charge in [0.05, 0.1) is 13.2 Å². The van der Waals surface area contributed by atoms with Crippen LogP contribution in [0.15, 0.2) is 12.2 Å². The molecule has 6 N–H and O–H groups in total. The highest BCUT2D eigenvalue weighted by atomic mass is 31.2. The third kappa shape index (κ3) is 25.4. The molecule has 1 saturated carbocycles. The molecule has 0 aliphatic heterocycles. The maximum atomic E-state index is 12.8. The molecule has 1 aliphatic rings. The summed E-state index contributed by atoms with van der Waals surface area (Å²) in [6, 6.07) is 0. The largest absolute Gasteiger partial charge is 0.472 e. The maximum absolute atomic E-state index is 12.8. The number of phosphoric ester groups is 1. The zero-order chi connectivity index (χ0) is 39.9. The second-order valence-electron chi connectivity index (χ2n) is 15.2. The second kappa shape index (κ2) is 33.1. The Bertz CT molecular complexity index is 952. The van der Waals surface area contributed by atoms with Gasteiger partial charge in [0.25, 0.3) is 0 Å². The van der Waals surface area contributed by atoms with E-state index in [-0.39, 0.29) is 13.0 Å². The van der Waals surface area contributed by atoms with Crippen molar-refractivity contribution in [1.29, 1.82) is 0 Å². The van der Waals surface area contributed by atoms with Crippen LogP contribution < -0.4 is 0 Å². The number of hydrogen-bond acceptors (Lipinski definition) is 11. The minimum Gasteiger partial charge on any atom is -0.457 e. The van der Waals surface area contributed by atoms with Gasteiger partial charge in [0, 0.05) is 13.0 Å². The van der Waals surface area contributed by atoms with E-state index in [1.54, 1.807) is 0 Å². The lowest BCUT2D eigenvalue weighted by atomic mass is 9.85. The fourth-order valence-corrected chi connectivity index (χ4v) is 7.62. The minimum atomic E-state index is -5.01. The summed E-state index contributed by atoms with van der Waals surface area (Å²) in [7, 11) is -5.01. The molecule has 0 saturated heterocycles. The first kappa shape index (κ1) is 51.1. The van der Waals surface area contributed by atoms with E-state index in [1.165, 1.54) is 96.3 Å². The topological polar surface area (TPSA) is 192 Å². The molecule has 1 aliphatic carbocycles. The van der Waals surface area contributed by atoms with Crippen molar-refractivity contribution < 1.29 is 58.3 Å². The summed E-state index contributed by atoms with van der Waals surface area (Å²) in [5.41, 5.74) is 0. The molecule has 12 nitrogen and oxygen atoms in total. The number of aliphatic hydroxyl groups excluding tert-OH is 5. The summed E-state index contributed by atoms with van der Waals surface area (Å²) in [4.78, 5) is 23.1. The van der Waals surface area contributed by atoms with Gasteiger partial charge >= 0.3 is 13.8 Å². The van der Waals surface area contributed by atoms with E-state index in [9.17, 15) is 39.8 Å². The highest BCUT2D eigenvalue weighted by molar-refractivity contribution is 7.47. The van der Waals surface area contributed by atoms with E-state index in [2.05, 4.69) is 26.0 Å². The Balaban J connectivity index is 2.43. The first-order valence-electron chi connectivity index (χ1n) is 21.5. The Morgan fingerprint density at radius 1 is 0.574 bits per heavy atom. The Labute approximate surface area is 327 Å². The molecule has 0 aromatic rings. The van der Waals surface area contributed by atoms with Gasteiger partial charge in [-0.25, -0.2) is 4.57 Å². The van der Waals surface area contributed by atoms with Crippen LogP contribution in [0.1, 0.15) is 181 Å². The van der Waals surface area contributed by atoms with Gasteiger partial charge in [-0.1, -0.05) is 148 Å². The average molecular weight is 795 g/mol. The number of rotatable bonds is 36. The van der Waals surface area contributed by atoms with Crippen LogP contribution in [0.25, 0.3) is 0 Å². The number of allylic oxidation sites excluding steroid dienone is 2. The zero-order valence-electron chi connectivity index (χ0n) is 33.8. The number of unbranched alkanes of at least 4 members (excludes halogenated alkanes) is 22. The van der Waals surface area contributed by atoms with Crippen LogP contribution in [0.2, 0.25) is 0 Å².